The van der Waals surface area contributed by atoms with Crippen molar-refractivity contribution in [2.75, 3.05) is 18.4 Å². The molecule has 140 valence electrons. The maximum absolute atomic E-state index is 12.5. The van der Waals surface area contributed by atoms with Gasteiger partial charge < -0.3 is 9.84 Å². The minimum Gasteiger partial charge on any atom is -0.338 e. The summed E-state index contributed by atoms with van der Waals surface area (Å²) >= 11 is 1.60. The van der Waals surface area contributed by atoms with Crippen molar-refractivity contribution in [3.63, 3.8) is 0 Å². The standard InChI is InChI=1S/C20H22N4O2S/c1-14-4-2-5-16(12-14)21-20(25)15-7-9-24(10-8-15)13-18-22-19(23-26-18)17-6-3-11-27-17/h2-6,11-12,15H,7-10,13H2,1H3,(H,21,25). The van der Waals surface area contributed by atoms with Gasteiger partial charge in [-0.2, -0.15) is 4.98 Å². The zero-order chi connectivity index (χ0) is 18.6. The molecule has 1 aromatic carbocycles. The molecule has 0 atom stereocenters. The van der Waals surface area contributed by atoms with Gasteiger partial charge in [0.2, 0.25) is 17.6 Å². The number of piperidine rings is 1. The van der Waals surface area contributed by atoms with Gasteiger partial charge in [0.05, 0.1) is 11.4 Å². The third-order valence-electron chi connectivity index (χ3n) is 4.81. The molecular formula is C20H22N4O2S. The molecule has 0 spiro atoms. The van der Waals surface area contributed by atoms with Crippen molar-refractivity contribution in [3.05, 3.63) is 53.2 Å². The smallest absolute Gasteiger partial charge is 0.241 e. The number of amides is 1. The van der Waals surface area contributed by atoms with Crippen LogP contribution in [-0.4, -0.2) is 34.0 Å². The zero-order valence-corrected chi connectivity index (χ0v) is 16.0. The summed E-state index contributed by atoms with van der Waals surface area (Å²) in [5, 5.41) is 9.09. The highest BCUT2D eigenvalue weighted by molar-refractivity contribution is 7.13. The summed E-state index contributed by atoms with van der Waals surface area (Å²) in [6.45, 7) is 4.35. The molecule has 0 bridgehead atoms. The molecule has 2 aromatic heterocycles. The van der Waals surface area contributed by atoms with Crippen LogP contribution in [0.4, 0.5) is 5.69 Å². The Morgan fingerprint density at radius 3 is 2.89 bits per heavy atom. The molecule has 1 N–H and O–H groups in total. The van der Waals surface area contributed by atoms with E-state index in [1.54, 1.807) is 11.3 Å². The maximum Gasteiger partial charge on any atom is 0.241 e. The third kappa shape index (κ3) is 4.43. The summed E-state index contributed by atoms with van der Waals surface area (Å²) in [6, 6.07) is 11.9. The fraction of sp³-hybridized carbons (Fsp3) is 0.350. The van der Waals surface area contributed by atoms with Gasteiger partial charge in [-0.15, -0.1) is 11.3 Å². The van der Waals surface area contributed by atoms with Gasteiger partial charge in [0.1, 0.15) is 0 Å². The van der Waals surface area contributed by atoms with E-state index in [-0.39, 0.29) is 11.8 Å². The predicted molar refractivity (Wildman–Crippen MR) is 105 cm³/mol. The number of aryl methyl sites for hydroxylation is 1. The van der Waals surface area contributed by atoms with Crippen LogP contribution < -0.4 is 5.32 Å². The van der Waals surface area contributed by atoms with E-state index < -0.39 is 0 Å². The molecule has 3 heterocycles. The van der Waals surface area contributed by atoms with Crippen molar-refractivity contribution >= 4 is 22.9 Å². The highest BCUT2D eigenvalue weighted by Crippen LogP contribution is 2.24. The zero-order valence-electron chi connectivity index (χ0n) is 15.2. The van der Waals surface area contributed by atoms with Crippen LogP contribution in [0, 0.1) is 12.8 Å². The van der Waals surface area contributed by atoms with Crippen molar-refractivity contribution in [1.29, 1.82) is 0 Å². The largest absolute Gasteiger partial charge is 0.338 e. The van der Waals surface area contributed by atoms with Crippen LogP contribution in [0.25, 0.3) is 10.7 Å². The van der Waals surface area contributed by atoms with Gasteiger partial charge in [-0.25, -0.2) is 0 Å². The Morgan fingerprint density at radius 1 is 1.30 bits per heavy atom. The molecule has 0 radical (unpaired) electrons. The molecule has 1 fully saturated rings. The van der Waals surface area contributed by atoms with E-state index in [1.807, 2.05) is 48.7 Å². The molecule has 1 amide bonds. The van der Waals surface area contributed by atoms with Crippen LogP contribution in [0.3, 0.4) is 0 Å². The Labute approximate surface area is 162 Å². The number of likely N-dealkylation sites (tertiary alicyclic amines) is 1. The first-order valence-electron chi connectivity index (χ1n) is 9.14. The number of nitrogens with zero attached hydrogens (tertiary/aromatic N) is 3. The van der Waals surface area contributed by atoms with Gasteiger partial charge in [0.25, 0.3) is 0 Å². The van der Waals surface area contributed by atoms with Crippen LogP contribution in [0.1, 0.15) is 24.3 Å². The lowest BCUT2D eigenvalue weighted by Gasteiger charge is -2.30. The Balaban J connectivity index is 1.28. The van der Waals surface area contributed by atoms with Crippen molar-refractivity contribution in [2.45, 2.75) is 26.3 Å². The first-order chi connectivity index (χ1) is 13.2. The summed E-state index contributed by atoms with van der Waals surface area (Å²) in [5.41, 5.74) is 2.01. The quantitative estimate of drug-likeness (QED) is 0.723. The van der Waals surface area contributed by atoms with Crippen molar-refractivity contribution in [1.82, 2.24) is 15.0 Å². The Morgan fingerprint density at radius 2 is 2.15 bits per heavy atom. The van der Waals surface area contributed by atoms with Crippen LogP contribution in [-0.2, 0) is 11.3 Å². The fourth-order valence-electron chi connectivity index (χ4n) is 3.34. The van der Waals surface area contributed by atoms with Crippen LogP contribution in [0.15, 0.2) is 46.3 Å². The molecule has 1 aliphatic rings. The number of carbonyl (C=O) groups is 1. The van der Waals surface area contributed by atoms with Crippen molar-refractivity contribution < 1.29 is 9.32 Å². The molecular weight excluding hydrogens is 360 g/mol. The minimum absolute atomic E-state index is 0.0473. The van der Waals surface area contributed by atoms with Gasteiger partial charge in [-0.1, -0.05) is 23.4 Å². The number of hydrogen-bond donors (Lipinski definition) is 1. The Kier molecular flexibility index (Phi) is 5.31. The number of anilines is 1. The molecule has 0 saturated carbocycles. The molecule has 1 aliphatic heterocycles. The molecule has 6 nitrogen and oxygen atoms in total. The van der Waals surface area contributed by atoms with Gasteiger partial charge in [0.15, 0.2) is 0 Å². The van der Waals surface area contributed by atoms with Gasteiger partial charge in [-0.3, -0.25) is 9.69 Å². The van der Waals surface area contributed by atoms with E-state index in [0.717, 1.165) is 42.1 Å². The van der Waals surface area contributed by atoms with Crippen molar-refractivity contribution in [3.8, 4) is 10.7 Å². The average molecular weight is 382 g/mol. The van der Waals surface area contributed by atoms with E-state index in [0.29, 0.717) is 18.3 Å². The second-order valence-corrected chi connectivity index (χ2v) is 7.85. The summed E-state index contributed by atoms with van der Waals surface area (Å²) in [6.07, 6.45) is 1.67. The first kappa shape index (κ1) is 17.9. The van der Waals surface area contributed by atoms with E-state index >= 15 is 0 Å². The average Bonchev–Trinajstić information content (AvgIpc) is 3.34. The lowest BCUT2D eigenvalue weighted by atomic mass is 9.96. The summed E-state index contributed by atoms with van der Waals surface area (Å²) in [5.74, 6) is 1.43. The van der Waals surface area contributed by atoms with Gasteiger partial charge >= 0.3 is 0 Å². The molecule has 27 heavy (non-hydrogen) atoms. The third-order valence-corrected chi connectivity index (χ3v) is 5.68. The van der Waals surface area contributed by atoms with E-state index in [9.17, 15) is 4.79 Å². The SMILES string of the molecule is Cc1cccc(NC(=O)C2CCN(Cc3nc(-c4cccs4)no3)CC2)c1. The molecule has 3 aromatic rings. The Hall–Kier alpha value is -2.51. The van der Waals surface area contributed by atoms with E-state index in [2.05, 4.69) is 20.4 Å². The fourth-order valence-corrected chi connectivity index (χ4v) is 3.99. The normalized spacial score (nSPS) is 15.7. The lowest BCUT2D eigenvalue weighted by molar-refractivity contribution is -0.121. The Bertz CT molecular complexity index is 898. The van der Waals surface area contributed by atoms with Gasteiger partial charge in [0, 0.05) is 11.6 Å². The monoisotopic (exact) mass is 382 g/mol. The predicted octanol–water partition coefficient (Wildman–Crippen LogP) is 3.96. The molecule has 0 unspecified atom stereocenters. The number of carbonyl (C=O) groups excluding carboxylic acids is 1. The molecule has 0 aliphatic carbocycles. The van der Waals surface area contributed by atoms with E-state index in [1.165, 1.54) is 0 Å². The minimum atomic E-state index is 0.0473. The molecule has 1 saturated heterocycles. The second-order valence-electron chi connectivity index (χ2n) is 6.90. The summed E-state index contributed by atoms with van der Waals surface area (Å²) < 4.78 is 5.38. The van der Waals surface area contributed by atoms with E-state index in [4.69, 9.17) is 4.52 Å². The summed E-state index contributed by atoms with van der Waals surface area (Å²) in [7, 11) is 0. The maximum atomic E-state index is 12.5. The number of rotatable bonds is 5. The van der Waals surface area contributed by atoms with Crippen molar-refractivity contribution in [2.24, 2.45) is 5.92 Å². The highest BCUT2D eigenvalue weighted by Gasteiger charge is 2.26. The highest BCUT2D eigenvalue weighted by atomic mass is 32.1. The topological polar surface area (TPSA) is 71.3 Å². The lowest BCUT2D eigenvalue weighted by Crippen LogP contribution is -2.37. The number of benzene rings is 1. The number of hydrogen-bond acceptors (Lipinski definition) is 6. The van der Waals surface area contributed by atoms with Crippen LogP contribution >= 0.6 is 11.3 Å². The first-order valence-corrected chi connectivity index (χ1v) is 10.0. The molecule has 4 rings (SSSR count). The van der Waals surface area contributed by atoms with Crippen LogP contribution in [0.2, 0.25) is 0 Å². The molecule has 7 heteroatoms. The second kappa shape index (κ2) is 8.02. The number of aromatic nitrogens is 2. The number of nitrogens with one attached hydrogen (secondary N) is 1. The number of thiophene rings is 1. The van der Waals surface area contributed by atoms with Gasteiger partial charge in [-0.05, 0) is 62.0 Å². The summed E-state index contributed by atoms with van der Waals surface area (Å²) in [4.78, 5) is 20.3. The van der Waals surface area contributed by atoms with Crippen LogP contribution in [0.5, 0.6) is 0 Å².